The maximum absolute atomic E-state index is 12.9. The molecule has 0 aliphatic heterocycles. The molecule has 0 aliphatic carbocycles. The largest absolute Gasteiger partial charge is 0.338 e. The van der Waals surface area contributed by atoms with Crippen LogP contribution in [0.2, 0.25) is 5.02 Å². The number of carbonyl (C=O) groups excluding carboxylic acids is 1. The molecule has 1 heterocycles. The van der Waals surface area contributed by atoms with Crippen molar-refractivity contribution in [1.82, 2.24) is 9.88 Å². The molecule has 0 aliphatic rings. The van der Waals surface area contributed by atoms with Crippen LogP contribution < -0.4 is 0 Å². The van der Waals surface area contributed by atoms with E-state index in [-0.39, 0.29) is 11.9 Å². The zero-order valence-corrected chi connectivity index (χ0v) is 15.4. The Morgan fingerprint density at radius 3 is 2.52 bits per heavy atom. The van der Waals surface area contributed by atoms with E-state index < -0.39 is 0 Å². The first-order valence-electron chi connectivity index (χ1n) is 8.44. The number of aromatic nitrogens is 1. The molecule has 0 N–H and O–H groups in total. The van der Waals surface area contributed by atoms with Gasteiger partial charge < -0.3 is 4.90 Å². The number of rotatable bonds is 4. The Balaban J connectivity index is 2.20. The first kappa shape index (κ1) is 17.4. The number of fused-ring (bicyclic) bond motifs is 1. The van der Waals surface area contributed by atoms with Crippen LogP contribution in [0.25, 0.3) is 22.0 Å². The topological polar surface area (TPSA) is 33.2 Å². The quantitative estimate of drug-likeness (QED) is 0.627. The number of pyridine rings is 1. The number of halogens is 1. The van der Waals surface area contributed by atoms with Crippen molar-refractivity contribution >= 4 is 28.4 Å². The van der Waals surface area contributed by atoms with Crippen LogP contribution in [0.4, 0.5) is 0 Å². The number of nitrogens with zero attached hydrogens (tertiary/aromatic N) is 2. The van der Waals surface area contributed by atoms with Gasteiger partial charge in [0.1, 0.15) is 5.69 Å². The van der Waals surface area contributed by atoms with E-state index in [1.807, 2.05) is 68.6 Å². The van der Waals surface area contributed by atoms with E-state index in [1.54, 1.807) is 4.90 Å². The standard InChI is InChI=1S/C21H21ClN2O/c1-4-14(2)24(3)21(25)20-13-17(15-9-5-7-11-18(15)22)16-10-6-8-12-19(16)23-20/h5-14H,4H2,1-3H3. The lowest BCUT2D eigenvalue weighted by atomic mass is 9.99. The minimum absolute atomic E-state index is 0.0755. The Morgan fingerprint density at radius 2 is 1.80 bits per heavy atom. The Kier molecular flexibility index (Phi) is 5.05. The predicted molar refractivity (Wildman–Crippen MR) is 104 cm³/mol. The van der Waals surface area contributed by atoms with E-state index in [0.29, 0.717) is 10.7 Å². The number of para-hydroxylation sites is 1. The molecule has 128 valence electrons. The van der Waals surface area contributed by atoms with Gasteiger partial charge in [-0.1, -0.05) is 54.9 Å². The van der Waals surface area contributed by atoms with Crippen LogP contribution in [0.5, 0.6) is 0 Å². The Labute approximate surface area is 153 Å². The maximum Gasteiger partial charge on any atom is 0.272 e. The van der Waals surface area contributed by atoms with E-state index in [0.717, 1.165) is 28.5 Å². The summed E-state index contributed by atoms with van der Waals surface area (Å²) in [6, 6.07) is 17.5. The summed E-state index contributed by atoms with van der Waals surface area (Å²) in [6.07, 6.45) is 0.896. The lowest BCUT2D eigenvalue weighted by Gasteiger charge is -2.24. The highest BCUT2D eigenvalue weighted by Crippen LogP contribution is 2.33. The average Bonchev–Trinajstić information content (AvgIpc) is 2.65. The molecule has 0 spiro atoms. The molecule has 0 bridgehead atoms. The van der Waals surface area contributed by atoms with E-state index in [2.05, 4.69) is 11.9 Å². The van der Waals surface area contributed by atoms with Gasteiger partial charge in [0.15, 0.2) is 0 Å². The summed E-state index contributed by atoms with van der Waals surface area (Å²) < 4.78 is 0. The first-order chi connectivity index (χ1) is 12.0. The van der Waals surface area contributed by atoms with Gasteiger partial charge in [-0.05, 0) is 37.1 Å². The Bertz CT molecular complexity index is 923. The van der Waals surface area contributed by atoms with Crippen LogP contribution in [-0.4, -0.2) is 28.9 Å². The normalized spacial score (nSPS) is 12.2. The van der Waals surface area contributed by atoms with Crippen molar-refractivity contribution in [3.63, 3.8) is 0 Å². The lowest BCUT2D eigenvalue weighted by Crippen LogP contribution is -2.35. The minimum Gasteiger partial charge on any atom is -0.338 e. The van der Waals surface area contributed by atoms with Crippen LogP contribution in [0.15, 0.2) is 54.6 Å². The monoisotopic (exact) mass is 352 g/mol. The fraction of sp³-hybridized carbons (Fsp3) is 0.238. The summed E-state index contributed by atoms with van der Waals surface area (Å²) in [4.78, 5) is 19.2. The van der Waals surface area contributed by atoms with Gasteiger partial charge in [0.25, 0.3) is 5.91 Å². The fourth-order valence-electron chi connectivity index (χ4n) is 2.84. The van der Waals surface area contributed by atoms with Gasteiger partial charge in [0, 0.05) is 29.1 Å². The summed E-state index contributed by atoms with van der Waals surface area (Å²) in [7, 11) is 1.82. The van der Waals surface area contributed by atoms with Crippen molar-refractivity contribution in [2.24, 2.45) is 0 Å². The molecule has 0 saturated heterocycles. The summed E-state index contributed by atoms with van der Waals surface area (Å²) in [5.41, 5.74) is 3.07. The van der Waals surface area contributed by atoms with Crippen molar-refractivity contribution in [1.29, 1.82) is 0 Å². The second kappa shape index (κ2) is 7.24. The van der Waals surface area contributed by atoms with Gasteiger partial charge >= 0.3 is 0 Å². The molecule has 4 heteroatoms. The summed E-state index contributed by atoms with van der Waals surface area (Å²) in [5.74, 6) is -0.0755. The van der Waals surface area contributed by atoms with Crippen LogP contribution >= 0.6 is 11.6 Å². The molecule has 1 unspecified atom stereocenters. The third kappa shape index (κ3) is 3.38. The van der Waals surface area contributed by atoms with Crippen molar-refractivity contribution in [2.45, 2.75) is 26.3 Å². The number of carbonyl (C=O) groups is 1. The highest BCUT2D eigenvalue weighted by Gasteiger charge is 2.20. The smallest absolute Gasteiger partial charge is 0.272 e. The third-order valence-electron chi connectivity index (χ3n) is 4.67. The zero-order chi connectivity index (χ0) is 18.0. The molecule has 1 aromatic heterocycles. The predicted octanol–water partition coefficient (Wildman–Crippen LogP) is 5.43. The lowest BCUT2D eigenvalue weighted by molar-refractivity contribution is 0.0735. The first-order valence-corrected chi connectivity index (χ1v) is 8.82. The molecule has 25 heavy (non-hydrogen) atoms. The third-order valence-corrected chi connectivity index (χ3v) is 5.00. The number of hydrogen-bond donors (Lipinski definition) is 0. The highest BCUT2D eigenvalue weighted by molar-refractivity contribution is 6.33. The molecule has 3 nitrogen and oxygen atoms in total. The summed E-state index contributed by atoms with van der Waals surface area (Å²) >= 11 is 6.41. The average molecular weight is 353 g/mol. The Hall–Kier alpha value is -2.39. The molecule has 0 saturated carbocycles. The van der Waals surface area contributed by atoms with Crippen molar-refractivity contribution in [3.8, 4) is 11.1 Å². The molecule has 0 radical (unpaired) electrons. The van der Waals surface area contributed by atoms with Crippen molar-refractivity contribution < 1.29 is 4.79 Å². The maximum atomic E-state index is 12.9. The van der Waals surface area contributed by atoms with Crippen molar-refractivity contribution in [3.05, 3.63) is 65.3 Å². The molecule has 1 amide bonds. The number of amides is 1. The van der Waals surface area contributed by atoms with Crippen molar-refractivity contribution in [2.75, 3.05) is 7.05 Å². The molecular formula is C21H21ClN2O. The van der Waals surface area contributed by atoms with Crippen LogP contribution in [0.1, 0.15) is 30.8 Å². The highest BCUT2D eigenvalue weighted by atomic mass is 35.5. The fourth-order valence-corrected chi connectivity index (χ4v) is 3.08. The molecule has 3 aromatic rings. The van der Waals surface area contributed by atoms with E-state index in [1.165, 1.54) is 0 Å². The van der Waals surface area contributed by atoms with Gasteiger partial charge in [0.2, 0.25) is 0 Å². The molecule has 3 rings (SSSR count). The number of hydrogen-bond acceptors (Lipinski definition) is 2. The van der Waals surface area contributed by atoms with Gasteiger partial charge in [0.05, 0.1) is 5.52 Å². The Morgan fingerprint density at radius 1 is 1.12 bits per heavy atom. The number of benzene rings is 2. The summed E-state index contributed by atoms with van der Waals surface area (Å²) in [5, 5.41) is 1.64. The van der Waals surface area contributed by atoms with E-state index in [4.69, 9.17) is 11.6 Å². The van der Waals surface area contributed by atoms with Gasteiger partial charge in [-0.15, -0.1) is 0 Å². The molecular weight excluding hydrogens is 332 g/mol. The molecule has 2 aromatic carbocycles. The van der Waals surface area contributed by atoms with Gasteiger partial charge in [-0.3, -0.25) is 4.79 Å². The second-order valence-corrected chi connectivity index (χ2v) is 6.63. The zero-order valence-electron chi connectivity index (χ0n) is 14.7. The van der Waals surface area contributed by atoms with E-state index >= 15 is 0 Å². The van der Waals surface area contributed by atoms with Crippen LogP contribution in [0.3, 0.4) is 0 Å². The minimum atomic E-state index is -0.0755. The van der Waals surface area contributed by atoms with Crippen LogP contribution in [-0.2, 0) is 0 Å². The molecule has 1 atom stereocenters. The van der Waals surface area contributed by atoms with Gasteiger partial charge in [-0.2, -0.15) is 0 Å². The SMILES string of the molecule is CCC(C)N(C)C(=O)c1cc(-c2ccccc2Cl)c2ccccc2n1. The molecule has 0 fully saturated rings. The van der Waals surface area contributed by atoms with E-state index in [9.17, 15) is 4.79 Å². The van der Waals surface area contributed by atoms with Gasteiger partial charge in [-0.25, -0.2) is 4.98 Å². The van der Waals surface area contributed by atoms with Crippen LogP contribution in [0, 0.1) is 0 Å². The summed E-state index contributed by atoms with van der Waals surface area (Å²) in [6.45, 7) is 4.10. The second-order valence-electron chi connectivity index (χ2n) is 6.23.